The number of anilines is 2. The van der Waals surface area contributed by atoms with Crippen molar-refractivity contribution in [3.63, 3.8) is 0 Å². The molecule has 1 unspecified atom stereocenters. The number of nitrogens with one attached hydrogen (secondary N) is 1. The molecule has 188 valence electrons. The Hall–Kier alpha value is -2.94. The molecule has 5 rings (SSSR count). The number of aromatic nitrogens is 3. The predicted octanol–water partition coefficient (Wildman–Crippen LogP) is 3.32. The smallest absolute Gasteiger partial charge is 0.227 e. The number of amides is 1. The summed E-state index contributed by atoms with van der Waals surface area (Å²) < 4.78 is 11.2. The first kappa shape index (κ1) is 23.8. The number of ether oxygens (including phenoxy) is 2. The Morgan fingerprint density at radius 2 is 2.09 bits per heavy atom. The van der Waals surface area contributed by atoms with Crippen molar-refractivity contribution in [1.82, 2.24) is 19.9 Å². The van der Waals surface area contributed by atoms with E-state index in [0.29, 0.717) is 19.0 Å². The predicted molar refractivity (Wildman–Crippen MR) is 133 cm³/mol. The van der Waals surface area contributed by atoms with Gasteiger partial charge >= 0.3 is 0 Å². The molecule has 2 aromatic heterocycles. The molecular formula is C26H36N6O3. The Morgan fingerprint density at radius 1 is 1.23 bits per heavy atom. The third-order valence-corrected chi connectivity index (χ3v) is 7.46. The Morgan fingerprint density at radius 3 is 2.86 bits per heavy atom. The first-order valence-corrected chi connectivity index (χ1v) is 12.6. The van der Waals surface area contributed by atoms with Gasteiger partial charge in [0, 0.05) is 49.7 Å². The maximum Gasteiger partial charge on any atom is 0.227 e. The van der Waals surface area contributed by atoms with Crippen molar-refractivity contribution in [1.29, 1.82) is 0 Å². The van der Waals surface area contributed by atoms with Gasteiger partial charge in [-0.3, -0.25) is 4.79 Å². The first-order valence-electron chi connectivity index (χ1n) is 12.6. The zero-order chi connectivity index (χ0) is 24.6. The normalized spacial score (nSPS) is 23.7. The van der Waals surface area contributed by atoms with E-state index in [4.69, 9.17) is 9.47 Å². The van der Waals surface area contributed by atoms with Gasteiger partial charge in [0.1, 0.15) is 18.3 Å². The van der Waals surface area contributed by atoms with Crippen molar-refractivity contribution in [2.45, 2.75) is 71.2 Å². The topological polar surface area (TPSA) is 92.7 Å². The number of aryl methyl sites for hydroxylation is 1. The van der Waals surface area contributed by atoms with Crippen LogP contribution < -0.4 is 15.0 Å². The fourth-order valence-corrected chi connectivity index (χ4v) is 5.64. The first-order chi connectivity index (χ1) is 16.8. The highest BCUT2D eigenvalue weighted by atomic mass is 16.5. The number of carbonyl (C=O) groups excluding carboxylic acids is 1. The van der Waals surface area contributed by atoms with Gasteiger partial charge in [0.15, 0.2) is 0 Å². The molecule has 2 atom stereocenters. The van der Waals surface area contributed by atoms with Crippen molar-refractivity contribution < 1.29 is 14.3 Å². The lowest BCUT2D eigenvalue weighted by molar-refractivity contribution is -0.145. The second kappa shape index (κ2) is 9.60. The average molecular weight is 481 g/mol. The van der Waals surface area contributed by atoms with Crippen LogP contribution in [0.15, 0.2) is 18.6 Å². The summed E-state index contributed by atoms with van der Waals surface area (Å²) in [4.78, 5) is 31.4. The number of rotatable bonds is 5. The van der Waals surface area contributed by atoms with Crippen LogP contribution in [0.25, 0.3) is 0 Å². The number of nitrogens with zero attached hydrogens (tertiary/aromatic N) is 5. The molecule has 0 radical (unpaired) electrons. The highest BCUT2D eigenvalue weighted by molar-refractivity contribution is 5.80. The Balaban J connectivity index is 1.33. The van der Waals surface area contributed by atoms with E-state index in [9.17, 15) is 4.79 Å². The number of methoxy groups -OCH3 is 1. The van der Waals surface area contributed by atoms with E-state index in [0.717, 1.165) is 73.5 Å². The molecule has 0 bridgehead atoms. The summed E-state index contributed by atoms with van der Waals surface area (Å²) in [5, 5.41) is 3.62. The number of hydrogen-bond donors (Lipinski definition) is 1. The highest BCUT2D eigenvalue weighted by Crippen LogP contribution is 2.33. The summed E-state index contributed by atoms with van der Waals surface area (Å²) in [5.74, 6) is 1.73. The molecule has 1 N–H and O–H groups in total. The SMILES string of the molecule is COc1ncc(N2CCc3ncnc(N[C@@H]4CCCN4C(=O)C4CCOC(C)(C)C4)c3C2)cc1C. The Kier molecular flexibility index (Phi) is 6.53. The number of pyridine rings is 1. The van der Waals surface area contributed by atoms with Crippen LogP contribution in [-0.2, 0) is 22.5 Å². The maximum absolute atomic E-state index is 13.5. The summed E-state index contributed by atoms with van der Waals surface area (Å²) in [6.07, 6.45) is 7.75. The molecule has 9 nitrogen and oxygen atoms in total. The van der Waals surface area contributed by atoms with Crippen molar-refractivity contribution in [2.75, 3.05) is 37.0 Å². The standard InChI is InChI=1S/C26H36N6O3/c1-17-12-19(14-27-24(17)34-4)31-10-7-21-20(15-31)23(29-16-28-21)30-22-6-5-9-32(22)25(33)18-8-11-35-26(2,3)13-18/h12,14,16,18,22H,5-11,13,15H2,1-4H3,(H,28,29,30)/t18?,22-/m0/s1. The van der Waals surface area contributed by atoms with Gasteiger partial charge in [-0.1, -0.05) is 0 Å². The summed E-state index contributed by atoms with van der Waals surface area (Å²) in [6.45, 7) is 9.14. The van der Waals surface area contributed by atoms with Crippen molar-refractivity contribution in [2.24, 2.45) is 5.92 Å². The van der Waals surface area contributed by atoms with Gasteiger partial charge in [0.25, 0.3) is 0 Å². The fourth-order valence-electron chi connectivity index (χ4n) is 5.64. The van der Waals surface area contributed by atoms with Crippen LogP contribution >= 0.6 is 0 Å². The van der Waals surface area contributed by atoms with Crippen LogP contribution in [-0.4, -0.2) is 64.3 Å². The van der Waals surface area contributed by atoms with Crippen LogP contribution in [0.2, 0.25) is 0 Å². The number of hydrogen-bond acceptors (Lipinski definition) is 8. The third kappa shape index (κ3) is 4.91. The molecule has 35 heavy (non-hydrogen) atoms. The van der Waals surface area contributed by atoms with Gasteiger partial charge in [0.2, 0.25) is 11.8 Å². The lowest BCUT2D eigenvalue weighted by atomic mass is 9.87. The molecule has 0 saturated carbocycles. The summed E-state index contributed by atoms with van der Waals surface area (Å²) in [6, 6.07) is 2.11. The minimum atomic E-state index is -0.245. The largest absolute Gasteiger partial charge is 0.481 e. The molecule has 0 aromatic carbocycles. The molecule has 0 aliphatic carbocycles. The molecule has 5 heterocycles. The van der Waals surface area contributed by atoms with Gasteiger partial charge in [-0.2, -0.15) is 0 Å². The maximum atomic E-state index is 13.5. The zero-order valence-corrected chi connectivity index (χ0v) is 21.2. The quantitative estimate of drug-likeness (QED) is 0.697. The second-order valence-corrected chi connectivity index (χ2v) is 10.5. The molecule has 2 fully saturated rings. The van der Waals surface area contributed by atoms with Gasteiger partial charge in [0.05, 0.1) is 30.3 Å². The van der Waals surface area contributed by atoms with E-state index in [-0.39, 0.29) is 23.6 Å². The molecule has 3 aliphatic heterocycles. The third-order valence-electron chi connectivity index (χ3n) is 7.46. The fraction of sp³-hybridized carbons (Fsp3) is 0.615. The Labute approximate surface area is 207 Å². The van der Waals surface area contributed by atoms with Gasteiger partial charge in [-0.15, -0.1) is 0 Å². The van der Waals surface area contributed by atoms with Crippen LogP contribution in [0.4, 0.5) is 11.5 Å². The van der Waals surface area contributed by atoms with E-state index in [1.54, 1.807) is 13.4 Å². The monoisotopic (exact) mass is 480 g/mol. The summed E-state index contributed by atoms with van der Waals surface area (Å²) in [5.41, 5.74) is 3.99. The zero-order valence-electron chi connectivity index (χ0n) is 21.2. The van der Waals surface area contributed by atoms with Gasteiger partial charge < -0.3 is 24.6 Å². The van der Waals surface area contributed by atoms with E-state index >= 15 is 0 Å². The van der Waals surface area contributed by atoms with Crippen LogP contribution in [0.3, 0.4) is 0 Å². The van der Waals surface area contributed by atoms with E-state index < -0.39 is 0 Å². The van der Waals surface area contributed by atoms with Crippen LogP contribution in [0.1, 0.15) is 56.4 Å². The lowest BCUT2D eigenvalue weighted by Crippen LogP contribution is -2.47. The molecule has 1 amide bonds. The molecule has 2 aromatic rings. The van der Waals surface area contributed by atoms with E-state index in [1.807, 2.05) is 18.0 Å². The molecule has 2 saturated heterocycles. The van der Waals surface area contributed by atoms with Crippen molar-refractivity contribution in [3.05, 3.63) is 35.4 Å². The minimum absolute atomic E-state index is 0.0155. The summed E-state index contributed by atoms with van der Waals surface area (Å²) >= 11 is 0. The molecule has 9 heteroatoms. The highest BCUT2D eigenvalue weighted by Gasteiger charge is 2.39. The van der Waals surface area contributed by atoms with Crippen LogP contribution in [0.5, 0.6) is 5.88 Å². The van der Waals surface area contributed by atoms with E-state index in [1.165, 1.54) is 0 Å². The van der Waals surface area contributed by atoms with Crippen molar-refractivity contribution in [3.8, 4) is 5.88 Å². The lowest BCUT2D eigenvalue weighted by Gasteiger charge is -2.38. The van der Waals surface area contributed by atoms with Crippen molar-refractivity contribution >= 4 is 17.4 Å². The van der Waals surface area contributed by atoms with E-state index in [2.05, 4.69) is 45.1 Å². The minimum Gasteiger partial charge on any atom is -0.481 e. The number of likely N-dealkylation sites (tertiary alicyclic amines) is 1. The van der Waals surface area contributed by atoms with Gasteiger partial charge in [-0.05, 0) is 52.5 Å². The molecular weight excluding hydrogens is 444 g/mol. The van der Waals surface area contributed by atoms with Gasteiger partial charge in [-0.25, -0.2) is 15.0 Å². The number of carbonyl (C=O) groups is 1. The Bertz CT molecular complexity index is 1090. The molecule has 0 spiro atoms. The summed E-state index contributed by atoms with van der Waals surface area (Å²) in [7, 11) is 1.64. The van der Waals surface area contributed by atoms with Crippen LogP contribution in [0, 0.1) is 12.8 Å². The second-order valence-electron chi connectivity index (χ2n) is 10.5. The number of fused-ring (bicyclic) bond motifs is 1. The average Bonchev–Trinajstić information content (AvgIpc) is 3.31. The molecule has 3 aliphatic rings.